The van der Waals surface area contributed by atoms with Crippen LogP contribution in [0.25, 0.3) is 0 Å². The maximum Gasteiger partial charge on any atom is 0.384 e. The molecule has 1 fully saturated rings. The number of hydrogen-bond acceptors (Lipinski definition) is 2. The van der Waals surface area contributed by atoms with E-state index < -0.39 is 46.9 Å². The zero-order valence-electron chi connectivity index (χ0n) is 15.5. The molecular formula is C18H16F10O2. The van der Waals surface area contributed by atoms with Gasteiger partial charge in [0.2, 0.25) is 0 Å². The van der Waals surface area contributed by atoms with E-state index in [2.05, 4.69) is 0 Å². The number of rotatable bonds is 4. The molecule has 0 aromatic heterocycles. The van der Waals surface area contributed by atoms with E-state index in [1.165, 1.54) is 6.07 Å². The molecule has 2 rings (SSSR count). The van der Waals surface area contributed by atoms with Crippen LogP contribution in [-0.2, 0) is 4.79 Å². The SMILES string of the molecule is CCC(=O)CC.O=C(c1ccccc1)C1C(F)(F)C(F)(F)C(F)(F)C(F)(F)C1(F)F. The fourth-order valence-electron chi connectivity index (χ4n) is 2.55. The van der Waals surface area contributed by atoms with Crippen LogP contribution in [0.5, 0.6) is 0 Å². The van der Waals surface area contributed by atoms with Gasteiger partial charge in [-0.1, -0.05) is 44.2 Å². The first-order valence-electron chi connectivity index (χ1n) is 8.45. The van der Waals surface area contributed by atoms with Gasteiger partial charge in [0.05, 0.1) is 0 Å². The van der Waals surface area contributed by atoms with E-state index in [0.29, 0.717) is 30.8 Å². The molecule has 2 nitrogen and oxygen atoms in total. The van der Waals surface area contributed by atoms with Crippen LogP contribution in [0.3, 0.4) is 0 Å². The second-order valence-corrected chi connectivity index (χ2v) is 6.38. The largest absolute Gasteiger partial charge is 0.384 e. The summed E-state index contributed by atoms with van der Waals surface area (Å²) >= 11 is 0. The lowest BCUT2D eigenvalue weighted by Gasteiger charge is -2.49. The van der Waals surface area contributed by atoms with Crippen molar-refractivity contribution in [1.82, 2.24) is 0 Å². The topological polar surface area (TPSA) is 34.1 Å². The number of halogens is 10. The third-order valence-corrected chi connectivity index (χ3v) is 4.46. The first-order valence-corrected chi connectivity index (χ1v) is 8.45. The molecule has 170 valence electrons. The van der Waals surface area contributed by atoms with Crippen molar-refractivity contribution in [2.24, 2.45) is 5.92 Å². The summed E-state index contributed by atoms with van der Waals surface area (Å²) in [6, 6.07) is 4.34. The van der Waals surface area contributed by atoms with E-state index in [1.54, 1.807) is 0 Å². The summed E-state index contributed by atoms with van der Waals surface area (Å²) in [6.45, 7) is 3.76. The summed E-state index contributed by atoms with van der Waals surface area (Å²) < 4.78 is 134. The van der Waals surface area contributed by atoms with Crippen molar-refractivity contribution in [3.05, 3.63) is 35.9 Å². The Morgan fingerprint density at radius 2 is 1.07 bits per heavy atom. The average molecular weight is 454 g/mol. The standard InChI is InChI=1S/C13H6F10O.C5H10O/c14-9(15)8(7(24)6-4-2-1-3-5-6)10(16,17)12(20,21)13(22,23)11(9,18)19;1-3-5(6)4-2/h1-5,8H;3-4H2,1-2H3. The predicted octanol–water partition coefficient (Wildman–Crippen LogP) is 6.05. The normalized spacial score (nSPS) is 23.1. The minimum Gasteiger partial charge on any atom is -0.300 e. The zero-order valence-corrected chi connectivity index (χ0v) is 15.5. The van der Waals surface area contributed by atoms with Gasteiger partial charge in [0.1, 0.15) is 5.78 Å². The van der Waals surface area contributed by atoms with Crippen LogP contribution in [0.2, 0.25) is 0 Å². The monoisotopic (exact) mass is 454 g/mol. The van der Waals surface area contributed by atoms with Gasteiger partial charge in [-0.25, -0.2) is 0 Å². The summed E-state index contributed by atoms with van der Waals surface area (Å²) in [5.74, 6) is -40.5. The molecule has 30 heavy (non-hydrogen) atoms. The van der Waals surface area contributed by atoms with Crippen molar-refractivity contribution in [1.29, 1.82) is 0 Å². The van der Waals surface area contributed by atoms with Gasteiger partial charge < -0.3 is 0 Å². The van der Waals surface area contributed by atoms with Crippen LogP contribution in [-0.4, -0.2) is 41.2 Å². The van der Waals surface area contributed by atoms with E-state index >= 15 is 0 Å². The van der Waals surface area contributed by atoms with Crippen LogP contribution in [0.15, 0.2) is 30.3 Å². The highest BCUT2D eigenvalue weighted by Gasteiger charge is 2.96. The van der Waals surface area contributed by atoms with Crippen LogP contribution in [0.4, 0.5) is 43.9 Å². The van der Waals surface area contributed by atoms with Gasteiger partial charge in [-0.15, -0.1) is 0 Å². The average Bonchev–Trinajstić information content (AvgIpc) is 2.66. The predicted molar refractivity (Wildman–Crippen MR) is 84.6 cm³/mol. The van der Waals surface area contributed by atoms with Gasteiger partial charge in [-0.2, -0.15) is 43.9 Å². The Hall–Kier alpha value is -2.14. The second kappa shape index (κ2) is 8.18. The molecule has 1 aliphatic rings. The van der Waals surface area contributed by atoms with Crippen molar-refractivity contribution in [2.75, 3.05) is 0 Å². The molecule has 1 saturated carbocycles. The molecule has 0 heterocycles. The van der Waals surface area contributed by atoms with Crippen molar-refractivity contribution in [2.45, 2.75) is 56.3 Å². The van der Waals surface area contributed by atoms with E-state index in [1.807, 2.05) is 13.8 Å². The lowest BCUT2D eigenvalue weighted by Crippen LogP contribution is -2.78. The summed E-state index contributed by atoms with van der Waals surface area (Å²) in [5.41, 5.74) is -1.03. The van der Waals surface area contributed by atoms with E-state index in [9.17, 15) is 53.5 Å². The molecular weight excluding hydrogens is 438 g/mol. The number of alkyl halides is 10. The van der Waals surface area contributed by atoms with Gasteiger partial charge in [0, 0.05) is 18.4 Å². The molecule has 0 amide bonds. The molecule has 0 N–H and O–H groups in total. The number of ketones is 2. The molecule has 0 aliphatic heterocycles. The molecule has 12 heteroatoms. The number of carbonyl (C=O) groups excluding carboxylic acids is 2. The lowest BCUT2D eigenvalue weighted by molar-refractivity contribution is -0.455. The smallest absolute Gasteiger partial charge is 0.300 e. The van der Waals surface area contributed by atoms with Gasteiger partial charge >= 0.3 is 29.6 Å². The van der Waals surface area contributed by atoms with Crippen LogP contribution in [0, 0.1) is 5.92 Å². The molecule has 0 radical (unpaired) electrons. The first kappa shape index (κ1) is 25.9. The molecule has 0 saturated heterocycles. The minimum atomic E-state index is -7.07. The number of carbonyl (C=O) groups is 2. The zero-order chi connectivity index (χ0) is 23.8. The lowest BCUT2D eigenvalue weighted by atomic mass is 9.71. The van der Waals surface area contributed by atoms with Gasteiger partial charge in [-0.05, 0) is 0 Å². The molecule has 1 aromatic carbocycles. The van der Waals surface area contributed by atoms with Crippen LogP contribution >= 0.6 is 0 Å². The Labute approximate surface area is 164 Å². The highest BCUT2D eigenvalue weighted by molar-refractivity contribution is 5.99. The molecule has 0 atom stereocenters. The van der Waals surface area contributed by atoms with E-state index in [0.717, 1.165) is 12.1 Å². The van der Waals surface area contributed by atoms with Gasteiger partial charge in [-0.3, -0.25) is 9.59 Å². The van der Waals surface area contributed by atoms with Crippen molar-refractivity contribution >= 4 is 11.6 Å². The third kappa shape index (κ3) is 3.68. The Bertz CT molecular complexity index is 738. The Morgan fingerprint density at radius 1 is 0.700 bits per heavy atom. The molecule has 0 unspecified atom stereocenters. The Kier molecular flexibility index (Phi) is 7.06. The molecule has 1 aliphatic carbocycles. The van der Waals surface area contributed by atoms with Crippen molar-refractivity contribution < 1.29 is 53.5 Å². The second-order valence-electron chi connectivity index (χ2n) is 6.38. The Morgan fingerprint density at radius 3 is 1.37 bits per heavy atom. The van der Waals surface area contributed by atoms with E-state index in [4.69, 9.17) is 0 Å². The van der Waals surface area contributed by atoms with Crippen molar-refractivity contribution in [3.63, 3.8) is 0 Å². The minimum absolute atomic E-state index is 0.343. The number of hydrogen-bond donors (Lipinski definition) is 0. The maximum absolute atomic E-state index is 13.7. The number of Topliss-reactive ketones (excluding diaryl/α,β-unsaturated/α-hetero) is 2. The number of benzene rings is 1. The summed E-state index contributed by atoms with van der Waals surface area (Å²) in [5, 5.41) is 0. The quantitative estimate of drug-likeness (QED) is 0.410. The molecule has 0 spiro atoms. The summed E-state index contributed by atoms with van der Waals surface area (Å²) in [4.78, 5) is 21.9. The van der Waals surface area contributed by atoms with Gasteiger partial charge in [0.25, 0.3) is 0 Å². The maximum atomic E-state index is 13.7. The summed E-state index contributed by atoms with van der Waals surface area (Å²) in [6.07, 6.45) is 1.38. The highest BCUT2D eigenvalue weighted by Crippen LogP contribution is 2.67. The fraction of sp³-hybridized carbons (Fsp3) is 0.556. The van der Waals surface area contributed by atoms with Crippen LogP contribution in [0.1, 0.15) is 37.0 Å². The third-order valence-electron chi connectivity index (χ3n) is 4.46. The first-order chi connectivity index (χ1) is 13.4. The highest BCUT2D eigenvalue weighted by atomic mass is 19.4. The summed E-state index contributed by atoms with van der Waals surface area (Å²) in [7, 11) is 0. The van der Waals surface area contributed by atoms with Crippen LogP contribution < -0.4 is 0 Å². The van der Waals surface area contributed by atoms with Gasteiger partial charge in [0.15, 0.2) is 11.7 Å². The molecule has 1 aromatic rings. The fourth-order valence-corrected chi connectivity index (χ4v) is 2.55. The van der Waals surface area contributed by atoms with Crippen molar-refractivity contribution in [3.8, 4) is 0 Å². The van der Waals surface area contributed by atoms with E-state index in [-0.39, 0.29) is 0 Å². The molecule has 0 bridgehead atoms. The Balaban J connectivity index is 0.000000656.